The first-order valence-corrected chi connectivity index (χ1v) is 10.8. The van der Waals surface area contributed by atoms with Crippen LogP contribution < -0.4 is 16.6 Å². The first-order valence-electron chi connectivity index (χ1n) is 10.8. The Morgan fingerprint density at radius 3 is 2.62 bits per heavy atom. The third-order valence-corrected chi connectivity index (χ3v) is 6.07. The normalized spacial score (nSPS) is 17.1. The molecule has 5 rings (SSSR count). The molecule has 2 aromatic carbocycles. The molecule has 32 heavy (non-hydrogen) atoms. The van der Waals surface area contributed by atoms with Crippen LogP contribution in [0.3, 0.4) is 0 Å². The summed E-state index contributed by atoms with van der Waals surface area (Å²) in [7, 11) is 0. The van der Waals surface area contributed by atoms with Crippen molar-refractivity contribution in [1.29, 1.82) is 0 Å². The highest BCUT2D eigenvalue weighted by Crippen LogP contribution is 2.22. The lowest BCUT2D eigenvalue weighted by Crippen LogP contribution is -2.46. The summed E-state index contributed by atoms with van der Waals surface area (Å²) in [4.78, 5) is 45.5. The number of nitrogens with zero attached hydrogens (tertiary/aromatic N) is 1. The number of carbonyl (C=O) groups is 1. The number of amides is 1. The lowest BCUT2D eigenvalue weighted by Gasteiger charge is -2.20. The van der Waals surface area contributed by atoms with Gasteiger partial charge in [-0.15, -0.1) is 0 Å². The summed E-state index contributed by atoms with van der Waals surface area (Å²) < 4.78 is 6.64. The Hall–Kier alpha value is -3.65. The topological polar surface area (TPSA) is 109 Å². The van der Waals surface area contributed by atoms with Crippen molar-refractivity contribution in [3.05, 3.63) is 81.1 Å². The van der Waals surface area contributed by atoms with E-state index >= 15 is 0 Å². The highest BCUT2D eigenvalue weighted by Gasteiger charge is 2.27. The monoisotopic (exact) mass is 432 g/mol. The molecule has 0 radical (unpaired) electrons. The number of H-pyrrole nitrogens is 2. The van der Waals surface area contributed by atoms with Crippen molar-refractivity contribution in [2.75, 3.05) is 13.2 Å². The average Bonchev–Trinajstić information content (AvgIpc) is 3.47. The highest BCUT2D eigenvalue weighted by molar-refractivity contribution is 5.86. The number of carbonyl (C=O) groups excluding carboxylic acids is 1. The molecule has 1 saturated heterocycles. The quantitative estimate of drug-likeness (QED) is 0.434. The molecule has 1 amide bonds. The Morgan fingerprint density at radius 1 is 1.09 bits per heavy atom. The van der Waals surface area contributed by atoms with Gasteiger partial charge in [0.2, 0.25) is 5.91 Å². The molecule has 3 N–H and O–H groups in total. The van der Waals surface area contributed by atoms with E-state index in [1.807, 2.05) is 30.5 Å². The van der Waals surface area contributed by atoms with Crippen LogP contribution in [-0.2, 0) is 16.0 Å². The second-order valence-corrected chi connectivity index (χ2v) is 8.11. The summed E-state index contributed by atoms with van der Waals surface area (Å²) in [6.07, 6.45) is 3.82. The fourth-order valence-corrected chi connectivity index (χ4v) is 4.41. The largest absolute Gasteiger partial charge is 0.376 e. The SMILES string of the molecule is O=C(NC[C@H]1CCCO1)[C@H](Cc1c[nH]c2ccccc12)n1c(=O)[nH]c2ccccc2c1=O. The number of aromatic amines is 2. The molecule has 2 aromatic heterocycles. The summed E-state index contributed by atoms with van der Waals surface area (Å²) in [6, 6.07) is 13.5. The van der Waals surface area contributed by atoms with E-state index < -0.39 is 17.3 Å². The summed E-state index contributed by atoms with van der Waals surface area (Å²) in [5.41, 5.74) is 1.15. The molecule has 8 heteroatoms. The summed E-state index contributed by atoms with van der Waals surface area (Å²) in [6.45, 7) is 1.03. The van der Waals surface area contributed by atoms with Crippen LogP contribution in [0.25, 0.3) is 21.8 Å². The van der Waals surface area contributed by atoms with Crippen LogP contribution in [-0.4, -0.2) is 39.7 Å². The van der Waals surface area contributed by atoms with Gasteiger partial charge in [0.15, 0.2) is 0 Å². The minimum absolute atomic E-state index is 0.0423. The number of fused-ring (bicyclic) bond motifs is 2. The Morgan fingerprint density at radius 2 is 1.84 bits per heavy atom. The number of ether oxygens (including phenoxy) is 1. The third kappa shape index (κ3) is 3.73. The van der Waals surface area contributed by atoms with Crippen LogP contribution in [0, 0.1) is 0 Å². The standard InChI is InChI=1S/C24H24N4O4/c29-22(26-14-16-6-5-11-32-16)21(12-15-13-25-19-9-3-1-7-17(15)19)28-23(30)18-8-2-4-10-20(18)27-24(28)31/h1-4,7-10,13,16,21,25H,5-6,11-12,14H2,(H,26,29)(H,27,31)/t16-,21+/m1/s1. The number of rotatable bonds is 6. The second kappa shape index (κ2) is 8.47. The van der Waals surface area contributed by atoms with Gasteiger partial charge >= 0.3 is 5.69 Å². The molecule has 3 heterocycles. The van der Waals surface area contributed by atoms with Gasteiger partial charge in [0.1, 0.15) is 6.04 Å². The Labute approximate surface area is 183 Å². The van der Waals surface area contributed by atoms with Crippen LogP contribution in [0.4, 0.5) is 0 Å². The first-order chi connectivity index (χ1) is 15.6. The van der Waals surface area contributed by atoms with E-state index in [2.05, 4.69) is 15.3 Å². The molecule has 0 bridgehead atoms. The molecule has 164 valence electrons. The smallest absolute Gasteiger partial charge is 0.329 e. The molecule has 1 fully saturated rings. The highest BCUT2D eigenvalue weighted by atomic mass is 16.5. The zero-order chi connectivity index (χ0) is 22.1. The van der Waals surface area contributed by atoms with Crippen molar-refractivity contribution in [3.63, 3.8) is 0 Å². The number of hydrogen-bond acceptors (Lipinski definition) is 4. The fourth-order valence-electron chi connectivity index (χ4n) is 4.41. The first kappa shape index (κ1) is 20.3. The molecule has 0 spiro atoms. The van der Waals surface area contributed by atoms with E-state index in [0.29, 0.717) is 24.1 Å². The summed E-state index contributed by atoms with van der Waals surface area (Å²) >= 11 is 0. The molecule has 2 atom stereocenters. The van der Waals surface area contributed by atoms with Crippen LogP contribution in [0.15, 0.2) is 64.3 Å². The van der Waals surface area contributed by atoms with Gasteiger partial charge in [0, 0.05) is 36.7 Å². The van der Waals surface area contributed by atoms with Crippen molar-refractivity contribution in [2.24, 2.45) is 0 Å². The molecule has 8 nitrogen and oxygen atoms in total. The van der Waals surface area contributed by atoms with Crippen molar-refractivity contribution in [2.45, 2.75) is 31.4 Å². The maximum Gasteiger partial charge on any atom is 0.329 e. The number of nitrogens with one attached hydrogen (secondary N) is 3. The zero-order valence-corrected chi connectivity index (χ0v) is 17.5. The van der Waals surface area contributed by atoms with E-state index in [0.717, 1.165) is 33.9 Å². The predicted octanol–water partition coefficient (Wildman–Crippen LogP) is 2.25. The Kier molecular flexibility index (Phi) is 5.36. The van der Waals surface area contributed by atoms with Gasteiger partial charge < -0.3 is 20.0 Å². The molecular formula is C24H24N4O4. The van der Waals surface area contributed by atoms with Gasteiger partial charge in [0.25, 0.3) is 5.56 Å². The number of hydrogen-bond donors (Lipinski definition) is 3. The van der Waals surface area contributed by atoms with Gasteiger partial charge in [-0.3, -0.25) is 9.59 Å². The Balaban J connectivity index is 1.56. The summed E-state index contributed by atoms with van der Waals surface area (Å²) in [5, 5.41) is 4.22. The zero-order valence-electron chi connectivity index (χ0n) is 17.5. The Bertz CT molecular complexity index is 1390. The lowest BCUT2D eigenvalue weighted by molar-refractivity contribution is -0.125. The molecule has 0 unspecified atom stereocenters. The average molecular weight is 432 g/mol. The van der Waals surface area contributed by atoms with Crippen molar-refractivity contribution in [3.8, 4) is 0 Å². The predicted molar refractivity (Wildman–Crippen MR) is 122 cm³/mol. The fraction of sp³-hybridized carbons (Fsp3) is 0.292. The number of aromatic nitrogens is 3. The van der Waals surface area contributed by atoms with E-state index in [-0.39, 0.29) is 18.4 Å². The van der Waals surface area contributed by atoms with Crippen LogP contribution in [0.5, 0.6) is 0 Å². The summed E-state index contributed by atoms with van der Waals surface area (Å²) in [5.74, 6) is -0.381. The van der Waals surface area contributed by atoms with E-state index in [1.54, 1.807) is 24.3 Å². The van der Waals surface area contributed by atoms with Gasteiger partial charge in [-0.25, -0.2) is 9.36 Å². The van der Waals surface area contributed by atoms with E-state index in [1.165, 1.54) is 0 Å². The van der Waals surface area contributed by atoms with Gasteiger partial charge in [-0.05, 0) is 36.6 Å². The van der Waals surface area contributed by atoms with Gasteiger partial charge in [0.05, 0.1) is 17.0 Å². The van der Waals surface area contributed by atoms with Crippen molar-refractivity contribution < 1.29 is 9.53 Å². The van der Waals surface area contributed by atoms with Crippen LogP contribution >= 0.6 is 0 Å². The van der Waals surface area contributed by atoms with Crippen molar-refractivity contribution in [1.82, 2.24) is 19.9 Å². The maximum atomic E-state index is 13.3. The lowest BCUT2D eigenvalue weighted by atomic mass is 10.0. The second-order valence-electron chi connectivity index (χ2n) is 8.11. The maximum absolute atomic E-state index is 13.3. The molecule has 1 aliphatic heterocycles. The molecule has 0 aliphatic carbocycles. The molecular weight excluding hydrogens is 408 g/mol. The van der Waals surface area contributed by atoms with E-state index in [9.17, 15) is 14.4 Å². The van der Waals surface area contributed by atoms with Crippen LogP contribution in [0.1, 0.15) is 24.4 Å². The van der Waals surface area contributed by atoms with E-state index in [4.69, 9.17) is 4.74 Å². The van der Waals surface area contributed by atoms with Crippen molar-refractivity contribution >= 4 is 27.7 Å². The third-order valence-electron chi connectivity index (χ3n) is 6.07. The van der Waals surface area contributed by atoms with Gasteiger partial charge in [-0.2, -0.15) is 0 Å². The molecule has 0 saturated carbocycles. The van der Waals surface area contributed by atoms with Gasteiger partial charge in [-0.1, -0.05) is 30.3 Å². The molecule has 1 aliphatic rings. The van der Waals surface area contributed by atoms with Crippen LogP contribution in [0.2, 0.25) is 0 Å². The number of benzene rings is 2. The molecule has 4 aromatic rings. The minimum Gasteiger partial charge on any atom is -0.376 e. The minimum atomic E-state index is -1.00. The number of para-hydroxylation sites is 2.